The quantitative estimate of drug-likeness (QED) is 0.217. The summed E-state index contributed by atoms with van der Waals surface area (Å²) in [5, 5.41) is 18.7. The van der Waals surface area contributed by atoms with Gasteiger partial charge in [0.25, 0.3) is 5.69 Å². The number of aromatic nitrogens is 1. The molecule has 4 nitrogen and oxygen atoms in total. The van der Waals surface area contributed by atoms with E-state index in [1.54, 1.807) is 12.1 Å². The summed E-state index contributed by atoms with van der Waals surface area (Å²) in [5.41, 5.74) is 5.16. The number of para-hydroxylation sites is 3. The molecule has 0 aliphatic rings. The van der Waals surface area contributed by atoms with Crippen LogP contribution in [0.3, 0.4) is 0 Å². The molecule has 2 aromatic heterocycles. The lowest BCUT2D eigenvalue weighted by Gasteiger charge is -2.10. The Morgan fingerprint density at radius 3 is 2.09 bits per heavy atom. The van der Waals surface area contributed by atoms with E-state index in [1.807, 2.05) is 24.3 Å². The molecule has 0 aliphatic heterocycles. The number of nitro benzene ring substituents is 1. The maximum absolute atomic E-state index is 11.8. The number of benzene rings is 5. The zero-order chi connectivity index (χ0) is 21.4. The fraction of sp³-hybridized carbons (Fsp3) is 0. The number of nitro groups is 1. The highest BCUT2D eigenvalue weighted by molar-refractivity contribution is 6.33. The lowest BCUT2D eigenvalue weighted by Crippen LogP contribution is -1.92. The third-order valence-electron chi connectivity index (χ3n) is 6.60. The van der Waals surface area contributed by atoms with Crippen LogP contribution in [-0.4, -0.2) is 9.32 Å². The van der Waals surface area contributed by atoms with E-state index in [1.165, 1.54) is 21.8 Å². The summed E-state index contributed by atoms with van der Waals surface area (Å²) in [5.74, 6) is 0. The third kappa shape index (κ3) is 2.06. The van der Waals surface area contributed by atoms with Crippen molar-refractivity contribution in [1.29, 1.82) is 0 Å². The first-order chi connectivity index (χ1) is 15.7. The molecule has 0 aliphatic carbocycles. The van der Waals surface area contributed by atoms with Gasteiger partial charge in [-0.1, -0.05) is 66.7 Å². The van der Waals surface area contributed by atoms with Crippen molar-refractivity contribution < 1.29 is 4.92 Å². The van der Waals surface area contributed by atoms with Crippen molar-refractivity contribution in [3.05, 3.63) is 107 Å². The van der Waals surface area contributed by atoms with Crippen LogP contribution in [0, 0.1) is 10.1 Å². The van der Waals surface area contributed by atoms with Crippen LogP contribution >= 0.6 is 0 Å². The number of fused-ring (bicyclic) bond motifs is 8. The minimum absolute atomic E-state index is 0.124. The first-order valence-electron chi connectivity index (χ1n) is 10.6. The molecule has 7 rings (SSSR count). The molecule has 150 valence electrons. The molecule has 0 saturated heterocycles. The Hall–Kier alpha value is -4.44. The summed E-state index contributed by atoms with van der Waals surface area (Å²) in [6.07, 6.45) is 0. The monoisotopic (exact) mass is 412 g/mol. The molecule has 0 unspecified atom stereocenters. The summed E-state index contributed by atoms with van der Waals surface area (Å²) < 4.78 is 2.34. The van der Waals surface area contributed by atoms with E-state index in [-0.39, 0.29) is 10.6 Å². The predicted octanol–water partition coefficient (Wildman–Crippen LogP) is 7.57. The lowest BCUT2D eigenvalue weighted by atomic mass is 9.92. The first kappa shape index (κ1) is 17.3. The summed E-state index contributed by atoms with van der Waals surface area (Å²) >= 11 is 0. The van der Waals surface area contributed by atoms with Gasteiger partial charge in [-0.3, -0.25) is 10.1 Å². The smallest absolute Gasteiger partial charge is 0.277 e. The standard InChI is InChI=1S/C28H16N2O2/c31-30(32)25-15-6-2-9-18(25)20-12-7-8-17-16-22-19-10-1-4-13-23(19)29-24-14-5-3-11-21(24)27(26(17)20)28(22)29/h1-16H. The molecular weight excluding hydrogens is 396 g/mol. The number of hydrogen-bond donors (Lipinski definition) is 0. The number of rotatable bonds is 2. The molecule has 0 N–H and O–H groups in total. The molecule has 0 bridgehead atoms. The van der Waals surface area contributed by atoms with Gasteiger partial charge < -0.3 is 4.40 Å². The van der Waals surface area contributed by atoms with Crippen LogP contribution in [0.5, 0.6) is 0 Å². The maximum Gasteiger partial charge on any atom is 0.277 e. The zero-order valence-corrected chi connectivity index (χ0v) is 16.9. The predicted molar refractivity (Wildman–Crippen MR) is 131 cm³/mol. The van der Waals surface area contributed by atoms with Crippen LogP contribution in [0.25, 0.3) is 60.0 Å². The van der Waals surface area contributed by atoms with Crippen LogP contribution in [0.2, 0.25) is 0 Å². The molecule has 0 amide bonds. The van der Waals surface area contributed by atoms with E-state index in [4.69, 9.17) is 0 Å². The van der Waals surface area contributed by atoms with Crippen LogP contribution < -0.4 is 0 Å². The van der Waals surface area contributed by atoms with E-state index < -0.39 is 0 Å². The Kier molecular flexibility index (Phi) is 3.26. The normalized spacial score (nSPS) is 12.0. The highest BCUT2D eigenvalue weighted by atomic mass is 16.6. The molecule has 5 aromatic carbocycles. The molecule has 4 heteroatoms. The lowest BCUT2D eigenvalue weighted by molar-refractivity contribution is -0.384. The van der Waals surface area contributed by atoms with E-state index in [0.717, 1.165) is 32.6 Å². The zero-order valence-electron chi connectivity index (χ0n) is 16.9. The van der Waals surface area contributed by atoms with Crippen molar-refractivity contribution >= 4 is 54.6 Å². The Bertz CT molecular complexity index is 1860. The van der Waals surface area contributed by atoms with Gasteiger partial charge in [0, 0.05) is 27.6 Å². The molecule has 0 saturated carbocycles. The van der Waals surface area contributed by atoms with Crippen molar-refractivity contribution in [3.8, 4) is 11.1 Å². The van der Waals surface area contributed by atoms with Gasteiger partial charge in [-0.2, -0.15) is 0 Å². The molecule has 2 heterocycles. The topological polar surface area (TPSA) is 47.5 Å². The average molecular weight is 412 g/mol. The van der Waals surface area contributed by atoms with Crippen LogP contribution in [0.1, 0.15) is 0 Å². The van der Waals surface area contributed by atoms with E-state index >= 15 is 0 Å². The van der Waals surface area contributed by atoms with Crippen molar-refractivity contribution in [2.24, 2.45) is 0 Å². The largest absolute Gasteiger partial charge is 0.308 e. The Morgan fingerprint density at radius 2 is 1.28 bits per heavy atom. The number of hydrogen-bond acceptors (Lipinski definition) is 2. The highest BCUT2D eigenvalue weighted by Crippen LogP contribution is 2.46. The van der Waals surface area contributed by atoms with Crippen LogP contribution in [-0.2, 0) is 0 Å². The van der Waals surface area contributed by atoms with E-state index in [0.29, 0.717) is 5.56 Å². The first-order valence-corrected chi connectivity index (χ1v) is 10.6. The van der Waals surface area contributed by atoms with Gasteiger partial charge in [-0.25, -0.2) is 0 Å². The molecule has 32 heavy (non-hydrogen) atoms. The second-order valence-electron chi connectivity index (χ2n) is 8.20. The van der Waals surface area contributed by atoms with Crippen LogP contribution in [0.4, 0.5) is 5.69 Å². The highest BCUT2D eigenvalue weighted by Gasteiger charge is 2.23. The summed E-state index contributed by atoms with van der Waals surface area (Å²) in [7, 11) is 0. The van der Waals surface area contributed by atoms with E-state index in [9.17, 15) is 10.1 Å². The summed E-state index contributed by atoms with van der Waals surface area (Å²) in [6.45, 7) is 0. The second kappa shape index (κ2) is 6.05. The minimum Gasteiger partial charge on any atom is -0.308 e. The van der Waals surface area contributed by atoms with Gasteiger partial charge in [0.1, 0.15) is 0 Å². The molecule has 0 atom stereocenters. The van der Waals surface area contributed by atoms with Crippen molar-refractivity contribution in [2.45, 2.75) is 0 Å². The van der Waals surface area contributed by atoms with Gasteiger partial charge in [0.15, 0.2) is 0 Å². The van der Waals surface area contributed by atoms with Crippen molar-refractivity contribution in [3.63, 3.8) is 0 Å². The molecule has 0 radical (unpaired) electrons. The Morgan fingerprint density at radius 1 is 0.625 bits per heavy atom. The molecule has 0 fully saturated rings. The molecule has 0 spiro atoms. The van der Waals surface area contributed by atoms with Gasteiger partial charge in [0.05, 0.1) is 27.0 Å². The van der Waals surface area contributed by atoms with Gasteiger partial charge in [-0.05, 0) is 40.6 Å². The fourth-order valence-corrected chi connectivity index (χ4v) is 5.38. The average Bonchev–Trinajstić information content (AvgIpc) is 3.35. The van der Waals surface area contributed by atoms with Crippen LogP contribution in [0.15, 0.2) is 97.1 Å². The summed E-state index contributed by atoms with van der Waals surface area (Å²) in [4.78, 5) is 11.5. The van der Waals surface area contributed by atoms with Crippen molar-refractivity contribution in [2.75, 3.05) is 0 Å². The minimum atomic E-state index is -0.295. The Balaban J connectivity index is 1.80. The number of nitrogens with zero attached hydrogens (tertiary/aromatic N) is 2. The third-order valence-corrected chi connectivity index (χ3v) is 6.60. The Labute approximate surface area is 182 Å². The summed E-state index contributed by atoms with van der Waals surface area (Å²) in [6, 6.07) is 32.3. The SMILES string of the molecule is O=[N+]([O-])c1ccccc1-c1cccc2cc3c4ccccc4n4c5ccccc5c(c12)c34. The molecule has 7 aromatic rings. The second-order valence-corrected chi connectivity index (χ2v) is 8.20. The molecular formula is C28H16N2O2. The van der Waals surface area contributed by atoms with Crippen molar-refractivity contribution in [1.82, 2.24) is 4.40 Å². The fourth-order valence-electron chi connectivity index (χ4n) is 5.38. The van der Waals surface area contributed by atoms with Gasteiger partial charge >= 0.3 is 0 Å². The maximum atomic E-state index is 11.8. The van der Waals surface area contributed by atoms with Gasteiger partial charge in [0.2, 0.25) is 0 Å². The van der Waals surface area contributed by atoms with Gasteiger partial charge in [-0.15, -0.1) is 0 Å². The van der Waals surface area contributed by atoms with E-state index in [2.05, 4.69) is 65.1 Å².